The van der Waals surface area contributed by atoms with Gasteiger partial charge in [-0.1, -0.05) is 26.2 Å². The van der Waals surface area contributed by atoms with Gasteiger partial charge in [0.1, 0.15) is 5.75 Å². The zero-order valence-electron chi connectivity index (χ0n) is 11.0. The molecule has 2 N–H and O–H groups in total. The quantitative estimate of drug-likeness (QED) is 0.695. The van der Waals surface area contributed by atoms with Gasteiger partial charge in [-0.25, -0.2) is 4.79 Å². The van der Waals surface area contributed by atoms with Crippen LogP contribution >= 0.6 is 0 Å². The van der Waals surface area contributed by atoms with Crippen molar-refractivity contribution >= 4 is 11.7 Å². The SMILES string of the molecule is CCCCCCNc1cc(C(=O)O)ccc1OC. The molecule has 0 aliphatic heterocycles. The zero-order valence-corrected chi connectivity index (χ0v) is 11.0. The molecule has 0 fully saturated rings. The average Bonchev–Trinajstić information content (AvgIpc) is 2.38. The van der Waals surface area contributed by atoms with Crippen molar-refractivity contribution in [3.63, 3.8) is 0 Å². The molecule has 0 aliphatic rings. The first-order chi connectivity index (χ1) is 8.69. The van der Waals surface area contributed by atoms with Gasteiger partial charge < -0.3 is 15.2 Å². The number of hydrogen-bond acceptors (Lipinski definition) is 3. The molecule has 0 heterocycles. The fourth-order valence-corrected chi connectivity index (χ4v) is 1.75. The van der Waals surface area contributed by atoms with Gasteiger partial charge in [-0.15, -0.1) is 0 Å². The minimum Gasteiger partial charge on any atom is -0.495 e. The number of rotatable bonds is 8. The number of carbonyl (C=O) groups is 1. The molecule has 0 aliphatic carbocycles. The van der Waals surface area contributed by atoms with Crippen molar-refractivity contribution in [2.45, 2.75) is 32.6 Å². The molecule has 18 heavy (non-hydrogen) atoms. The second kappa shape index (κ2) is 7.58. The van der Waals surface area contributed by atoms with Crippen LogP contribution in [0.5, 0.6) is 5.75 Å². The van der Waals surface area contributed by atoms with Crippen LogP contribution in [0.25, 0.3) is 0 Å². The molecule has 0 radical (unpaired) electrons. The normalized spacial score (nSPS) is 10.1. The Morgan fingerprint density at radius 2 is 2.11 bits per heavy atom. The van der Waals surface area contributed by atoms with Crippen LogP contribution in [0.3, 0.4) is 0 Å². The molecule has 0 spiro atoms. The average molecular weight is 251 g/mol. The third kappa shape index (κ3) is 4.28. The molecule has 100 valence electrons. The lowest BCUT2D eigenvalue weighted by molar-refractivity contribution is 0.0697. The van der Waals surface area contributed by atoms with Crippen molar-refractivity contribution in [1.82, 2.24) is 0 Å². The molecule has 4 nitrogen and oxygen atoms in total. The first kappa shape index (κ1) is 14.4. The summed E-state index contributed by atoms with van der Waals surface area (Å²) in [5.41, 5.74) is 1.01. The van der Waals surface area contributed by atoms with Crippen LogP contribution in [0, 0.1) is 0 Å². The summed E-state index contributed by atoms with van der Waals surface area (Å²) in [6.07, 6.45) is 4.70. The Morgan fingerprint density at radius 1 is 1.33 bits per heavy atom. The highest BCUT2D eigenvalue weighted by atomic mass is 16.5. The second-order valence-corrected chi connectivity index (χ2v) is 4.21. The number of unbranched alkanes of at least 4 members (excludes halogenated alkanes) is 3. The van der Waals surface area contributed by atoms with Crippen LogP contribution in [0.15, 0.2) is 18.2 Å². The van der Waals surface area contributed by atoms with Gasteiger partial charge in [-0.2, -0.15) is 0 Å². The van der Waals surface area contributed by atoms with Crippen LogP contribution in [-0.4, -0.2) is 24.7 Å². The Balaban J connectivity index is 2.61. The summed E-state index contributed by atoms with van der Waals surface area (Å²) in [5, 5.41) is 12.2. The number of carboxylic acids is 1. The highest BCUT2D eigenvalue weighted by Gasteiger charge is 2.08. The Hall–Kier alpha value is -1.71. The standard InChI is InChI=1S/C14H21NO3/c1-3-4-5-6-9-15-12-10-11(14(16)17)7-8-13(12)18-2/h7-8,10,15H,3-6,9H2,1-2H3,(H,16,17). The summed E-state index contributed by atoms with van der Waals surface area (Å²) in [4.78, 5) is 10.9. The molecule has 1 rings (SSSR count). The highest BCUT2D eigenvalue weighted by molar-refractivity contribution is 5.89. The van der Waals surface area contributed by atoms with Crippen LogP contribution < -0.4 is 10.1 Å². The summed E-state index contributed by atoms with van der Waals surface area (Å²) in [5.74, 6) is -0.248. The summed E-state index contributed by atoms with van der Waals surface area (Å²) in [7, 11) is 1.58. The van der Waals surface area contributed by atoms with E-state index in [1.54, 1.807) is 25.3 Å². The fourth-order valence-electron chi connectivity index (χ4n) is 1.75. The lowest BCUT2D eigenvalue weighted by Gasteiger charge is -2.11. The van der Waals surface area contributed by atoms with Crippen molar-refractivity contribution in [3.8, 4) is 5.75 Å². The lowest BCUT2D eigenvalue weighted by atomic mass is 10.1. The van der Waals surface area contributed by atoms with Crippen molar-refractivity contribution in [3.05, 3.63) is 23.8 Å². The van der Waals surface area contributed by atoms with E-state index < -0.39 is 5.97 Å². The van der Waals surface area contributed by atoms with Crippen LogP contribution in [-0.2, 0) is 0 Å². The van der Waals surface area contributed by atoms with Crippen LogP contribution in [0.4, 0.5) is 5.69 Å². The van der Waals surface area contributed by atoms with Gasteiger partial charge in [0.15, 0.2) is 0 Å². The number of ether oxygens (including phenoxy) is 1. The van der Waals surface area contributed by atoms with E-state index in [1.807, 2.05) is 0 Å². The van der Waals surface area contributed by atoms with Gasteiger partial charge in [0.2, 0.25) is 0 Å². The molecule has 0 atom stereocenters. The topological polar surface area (TPSA) is 58.6 Å². The maximum Gasteiger partial charge on any atom is 0.335 e. The molecular weight excluding hydrogens is 230 g/mol. The molecule has 0 unspecified atom stereocenters. The molecule has 1 aromatic rings. The first-order valence-electron chi connectivity index (χ1n) is 6.34. The number of benzene rings is 1. The Kier molecular flexibility index (Phi) is 6.05. The monoisotopic (exact) mass is 251 g/mol. The fraction of sp³-hybridized carbons (Fsp3) is 0.500. The Morgan fingerprint density at radius 3 is 2.72 bits per heavy atom. The van der Waals surface area contributed by atoms with Gasteiger partial charge in [0, 0.05) is 6.54 Å². The number of carboxylic acid groups (broad SMARTS) is 1. The van der Waals surface area contributed by atoms with Crippen molar-refractivity contribution in [2.75, 3.05) is 19.0 Å². The third-order valence-electron chi connectivity index (χ3n) is 2.79. The molecule has 0 saturated carbocycles. The zero-order chi connectivity index (χ0) is 13.4. The Bertz CT molecular complexity index is 391. The van der Waals surface area contributed by atoms with Crippen LogP contribution in [0.1, 0.15) is 43.0 Å². The van der Waals surface area contributed by atoms with Gasteiger partial charge >= 0.3 is 5.97 Å². The van der Waals surface area contributed by atoms with E-state index in [4.69, 9.17) is 9.84 Å². The second-order valence-electron chi connectivity index (χ2n) is 4.21. The van der Waals surface area contributed by atoms with E-state index in [-0.39, 0.29) is 5.56 Å². The summed E-state index contributed by atoms with van der Waals surface area (Å²) in [6.45, 7) is 3.01. The van der Waals surface area contributed by atoms with E-state index in [9.17, 15) is 4.79 Å². The van der Waals surface area contributed by atoms with Gasteiger partial charge in [0.25, 0.3) is 0 Å². The minimum atomic E-state index is -0.924. The van der Waals surface area contributed by atoms with Gasteiger partial charge in [-0.3, -0.25) is 0 Å². The minimum absolute atomic E-state index is 0.270. The molecule has 1 aromatic carbocycles. The number of anilines is 1. The predicted octanol–water partition coefficient (Wildman–Crippen LogP) is 3.39. The Labute approximate surface area is 108 Å². The van der Waals surface area contributed by atoms with E-state index in [2.05, 4.69) is 12.2 Å². The van der Waals surface area contributed by atoms with E-state index in [0.29, 0.717) is 5.75 Å². The first-order valence-corrected chi connectivity index (χ1v) is 6.34. The van der Waals surface area contributed by atoms with Crippen molar-refractivity contribution in [2.24, 2.45) is 0 Å². The number of aromatic carboxylic acids is 1. The summed E-state index contributed by atoms with van der Waals surface area (Å²) < 4.78 is 5.20. The molecule has 0 bridgehead atoms. The number of nitrogens with one attached hydrogen (secondary N) is 1. The predicted molar refractivity (Wildman–Crippen MR) is 72.6 cm³/mol. The molecular formula is C14H21NO3. The van der Waals surface area contributed by atoms with Gasteiger partial charge in [-0.05, 0) is 24.6 Å². The molecule has 4 heteroatoms. The van der Waals surface area contributed by atoms with Crippen LogP contribution in [0.2, 0.25) is 0 Å². The third-order valence-corrected chi connectivity index (χ3v) is 2.79. The molecule has 0 aromatic heterocycles. The van der Waals surface area contributed by atoms with E-state index in [0.717, 1.165) is 18.7 Å². The summed E-state index contributed by atoms with van der Waals surface area (Å²) >= 11 is 0. The van der Waals surface area contributed by atoms with Gasteiger partial charge in [0.05, 0.1) is 18.4 Å². The molecule has 0 amide bonds. The van der Waals surface area contributed by atoms with Crippen molar-refractivity contribution in [1.29, 1.82) is 0 Å². The largest absolute Gasteiger partial charge is 0.495 e. The van der Waals surface area contributed by atoms with E-state index in [1.165, 1.54) is 19.3 Å². The highest BCUT2D eigenvalue weighted by Crippen LogP contribution is 2.25. The van der Waals surface area contributed by atoms with E-state index >= 15 is 0 Å². The maximum atomic E-state index is 10.9. The smallest absolute Gasteiger partial charge is 0.335 e. The maximum absolute atomic E-state index is 10.9. The number of hydrogen-bond donors (Lipinski definition) is 2. The lowest BCUT2D eigenvalue weighted by Crippen LogP contribution is -2.05. The summed E-state index contributed by atoms with van der Waals surface area (Å²) in [6, 6.07) is 4.84. The van der Waals surface area contributed by atoms with Crippen molar-refractivity contribution < 1.29 is 14.6 Å². The molecule has 0 saturated heterocycles. The number of methoxy groups -OCH3 is 1.